The quantitative estimate of drug-likeness (QED) is 0.304. The van der Waals surface area contributed by atoms with Crippen LogP contribution in [0.5, 0.6) is 5.75 Å². The summed E-state index contributed by atoms with van der Waals surface area (Å²) in [5.74, 6) is 1.53. The molecule has 0 amide bonds. The van der Waals surface area contributed by atoms with E-state index in [0.29, 0.717) is 33.2 Å². The third-order valence-corrected chi connectivity index (χ3v) is 5.61. The van der Waals surface area contributed by atoms with Crippen LogP contribution >= 0.6 is 23.4 Å². The summed E-state index contributed by atoms with van der Waals surface area (Å²) in [7, 11) is 0. The third kappa shape index (κ3) is 4.46. The van der Waals surface area contributed by atoms with Crippen LogP contribution in [0.25, 0.3) is 11.0 Å². The van der Waals surface area contributed by atoms with E-state index in [9.17, 15) is 4.79 Å². The van der Waals surface area contributed by atoms with Gasteiger partial charge < -0.3 is 13.6 Å². The fourth-order valence-corrected chi connectivity index (χ4v) is 3.71. The minimum Gasteiger partial charge on any atom is -0.484 e. The van der Waals surface area contributed by atoms with Gasteiger partial charge in [-0.2, -0.15) is 0 Å². The first kappa shape index (κ1) is 19.5. The fraction of sp³-hybridized carbons (Fsp3) is 0.190. The number of nitrogens with zero attached hydrogens (tertiary/aromatic N) is 2. The molecular formula is C21H17ClN2O4S. The van der Waals surface area contributed by atoms with Crippen LogP contribution in [-0.2, 0) is 12.4 Å². The predicted molar refractivity (Wildman–Crippen MR) is 112 cm³/mol. The SMILES string of the molecule is Cc1ccc2c(CSc3nnc(COc4ccc(Cl)cc4)o3)cc(=O)oc2c1C. The topological polar surface area (TPSA) is 78.4 Å². The smallest absolute Gasteiger partial charge is 0.336 e. The maximum Gasteiger partial charge on any atom is 0.336 e. The molecule has 0 saturated heterocycles. The standard InChI is InChI=1S/C21H17ClN2O4S/c1-12-3-8-17-14(9-19(25)28-20(17)13(12)2)11-29-21-24-23-18(27-21)10-26-16-6-4-15(22)5-7-16/h3-9H,10-11H2,1-2H3. The highest BCUT2D eigenvalue weighted by atomic mass is 35.5. The molecule has 0 atom stereocenters. The van der Waals surface area contributed by atoms with E-state index in [1.807, 2.05) is 26.0 Å². The Morgan fingerprint density at radius 1 is 1.07 bits per heavy atom. The Balaban J connectivity index is 1.45. The Morgan fingerprint density at radius 2 is 1.86 bits per heavy atom. The van der Waals surface area contributed by atoms with E-state index in [1.54, 1.807) is 24.3 Å². The van der Waals surface area contributed by atoms with Crippen molar-refractivity contribution in [2.24, 2.45) is 0 Å². The summed E-state index contributed by atoms with van der Waals surface area (Å²) in [6.45, 7) is 4.09. The molecule has 6 nitrogen and oxygen atoms in total. The van der Waals surface area contributed by atoms with E-state index in [-0.39, 0.29) is 12.2 Å². The number of aromatic nitrogens is 2. The highest BCUT2D eigenvalue weighted by Gasteiger charge is 2.12. The van der Waals surface area contributed by atoms with Gasteiger partial charge in [0.2, 0.25) is 0 Å². The number of thioether (sulfide) groups is 1. The van der Waals surface area contributed by atoms with Gasteiger partial charge in [-0.3, -0.25) is 0 Å². The van der Waals surface area contributed by atoms with Crippen LogP contribution in [0.3, 0.4) is 0 Å². The van der Waals surface area contributed by atoms with Crippen molar-refractivity contribution < 1.29 is 13.6 Å². The minimum atomic E-state index is -0.371. The summed E-state index contributed by atoms with van der Waals surface area (Å²) in [5.41, 5.74) is 3.15. The predicted octanol–water partition coefficient (Wildman–Crippen LogP) is 5.32. The van der Waals surface area contributed by atoms with Crippen molar-refractivity contribution >= 4 is 34.3 Å². The number of aryl methyl sites for hydroxylation is 2. The third-order valence-electron chi connectivity index (χ3n) is 4.49. The van der Waals surface area contributed by atoms with Crippen LogP contribution in [0.4, 0.5) is 0 Å². The maximum atomic E-state index is 12.0. The summed E-state index contributed by atoms with van der Waals surface area (Å²) < 4.78 is 16.6. The van der Waals surface area contributed by atoms with Crippen molar-refractivity contribution in [3.8, 4) is 5.75 Å². The number of rotatable bonds is 6. The molecule has 0 aliphatic rings. The lowest BCUT2D eigenvalue weighted by Crippen LogP contribution is -2.01. The number of fused-ring (bicyclic) bond motifs is 1. The lowest BCUT2D eigenvalue weighted by molar-refractivity contribution is 0.252. The molecular weight excluding hydrogens is 412 g/mol. The summed E-state index contributed by atoms with van der Waals surface area (Å²) in [5, 5.41) is 9.99. The normalized spacial score (nSPS) is 11.1. The Bertz CT molecular complexity index is 1220. The van der Waals surface area contributed by atoms with Gasteiger partial charge in [-0.05, 0) is 54.8 Å². The van der Waals surface area contributed by atoms with E-state index < -0.39 is 0 Å². The van der Waals surface area contributed by atoms with Gasteiger partial charge in [-0.1, -0.05) is 35.5 Å². The summed E-state index contributed by atoms with van der Waals surface area (Å²) >= 11 is 7.21. The van der Waals surface area contributed by atoms with Crippen LogP contribution in [0.1, 0.15) is 22.6 Å². The lowest BCUT2D eigenvalue weighted by atomic mass is 10.0. The molecule has 8 heteroatoms. The molecule has 2 aromatic heterocycles. The molecule has 148 valence electrons. The summed E-state index contributed by atoms with van der Waals surface area (Å²) in [6, 6.07) is 12.5. The van der Waals surface area contributed by atoms with Crippen molar-refractivity contribution in [3.05, 3.63) is 80.5 Å². The molecule has 0 unspecified atom stereocenters. The zero-order valence-corrected chi connectivity index (χ0v) is 17.3. The second-order valence-electron chi connectivity index (χ2n) is 6.47. The Hall–Kier alpha value is -2.77. The van der Waals surface area contributed by atoms with E-state index in [0.717, 1.165) is 22.1 Å². The molecule has 2 heterocycles. The monoisotopic (exact) mass is 428 g/mol. The van der Waals surface area contributed by atoms with E-state index in [2.05, 4.69) is 10.2 Å². The van der Waals surface area contributed by atoms with Crippen LogP contribution in [0, 0.1) is 13.8 Å². The number of ether oxygens (including phenoxy) is 1. The zero-order valence-electron chi connectivity index (χ0n) is 15.8. The van der Waals surface area contributed by atoms with Crippen LogP contribution in [0.2, 0.25) is 5.02 Å². The van der Waals surface area contributed by atoms with Crippen LogP contribution in [-0.4, -0.2) is 10.2 Å². The largest absolute Gasteiger partial charge is 0.484 e. The molecule has 2 aromatic carbocycles. The van der Waals surface area contributed by atoms with Gasteiger partial charge in [0.15, 0.2) is 6.61 Å². The highest BCUT2D eigenvalue weighted by molar-refractivity contribution is 7.98. The van der Waals surface area contributed by atoms with Crippen LogP contribution < -0.4 is 10.4 Å². The van der Waals surface area contributed by atoms with Crippen molar-refractivity contribution in [1.29, 1.82) is 0 Å². The molecule has 0 bridgehead atoms. The summed E-state index contributed by atoms with van der Waals surface area (Å²) in [4.78, 5) is 12.0. The molecule has 0 aliphatic heterocycles. The van der Waals surface area contributed by atoms with Gasteiger partial charge in [-0.25, -0.2) is 4.79 Å². The van der Waals surface area contributed by atoms with Crippen LogP contribution in [0.15, 0.2) is 61.3 Å². The van der Waals surface area contributed by atoms with Gasteiger partial charge >= 0.3 is 5.63 Å². The molecule has 29 heavy (non-hydrogen) atoms. The average Bonchev–Trinajstić information content (AvgIpc) is 3.17. The first-order valence-corrected chi connectivity index (χ1v) is 10.2. The van der Waals surface area contributed by atoms with Crippen molar-refractivity contribution in [1.82, 2.24) is 10.2 Å². The summed E-state index contributed by atoms with van der Waals surface area (Å²) in [6.07, 6.45) is 0. The van der Waals surface area contributed by atoms with E-state index in [1.165, 1.54) is 17.8 Å². The number of hydrogen-bond acceptors (Lipinski definition) is 7. The molecule has 0 radical (unpaired) electrons. The van der Waals surface area contributed by atoms with Crippen molar-refractivity contribution in [2.75, 3.05) is 0 Å². The average molecular weight is 429 g/mol. The molecule has 0 fully saturated rings. The maximum absolute atomic E-state index is 12.0. The number of hydrogen-bond donors (Lipinski definition) is 0. The molecule has 0 spiro atoms. The number of halogens is 1. The zero-order chi connectivity index (χ0) is 20.4. The molecule has 4 aromatic rings. The highest BCUT2D eigenvalue weighted by Crippen LogP contribution is 2.28. The Labute approximate surface area is 175 Å². The van der Waals surface area contributed by atoms with Gasteiger partial charge in [-0.15, -0.1) is 10.2 Å². The first-order chi connectivity index (χ1) is 14.0. The van der Waals surface area contributed by atoms with Gasteiger partial charge in [0, 0.05) is 22.2 Å². The van der Waals surface area contributed by atoms with Gasteiger partial charge in [0.25, 0.3) is 11.1 Å². The Morgan fingerprint density at radius 3 is 2.66 bits per heavy atom. The lowest BCUT2D eigenvalue weighted by Gasteiger charge is -2.07. The fourth-order valence-electron chi connectivity index (χ4n) is 2.81. The Kier molecular flexibility index (Phi) is 5.60. The molecule has 4 rings (SSSR count). The van der Waals surface area contributed by atoms with E-state index in [4.69, 9.17) is 25.2 Å². The second-order valence-corrected chi connectivity index (χ2v) is 7.83. The molecule has 0 aliphatic carbocycles. The molecule has 0 N–H and O–H groups in total. The van der Waals surface area contributed by atoms with Gasteiger partial charge in [0.05, 0.1) is 0 Å². The van der Waals surface area contributed by atoms with Crippen molar-refractivity contribution in [2.45, 2.75) is 31.4 Å². The first-order valence-electron chi connectivity index (χ1n) is 8.86. The molecule has 0 saturated carbocycles. The van der Waals surface area contributed by atoms with Crippen molar-refractivity contribution in [3.63, 3.8) is 0 Å². The minimum absolute atomic E-state index is 0.158. The van der Waals surface area contributed by atoms with Gasteiger partial charge in [0.1, 0.15) is 11.3 Å². The van der Waals surface area contributed by atoms with E-state index >= 15 is 0 Å². The second kappa shape index (κ2) is 8.31. The number of benzene rings is 2.